The van der Waals surface area contributed by atoms with Gasteiger partial charge in [0.1, 0.15) is 0 Å². The summed E-state index contributed by atoms with van der Waals surface area (Å²) in [4.78, 5) is 2.33. The third kappa shape index (κ3) is 8.41. The highest BCUT2D eigenvalue weighted by Crippen LogP contribution is 2.48. The highest BCUT2D eigenvalue weighted by atomic mass is 15.1. The van der Waals surface area contributed by atoms with Crippen molar-refractivity contribution in [3.8, 4) is 50.2 Å². The van der Waals surface area contributed by atoms with E-state index in [1.807, 2.05) is 0 Å². The minimum absolute atomic E-state index is 0.242. The summed E-state index contributed by atoms with van der Waals surface area (Å²) in [7, 11) is 0. The minimum Gasteiger partial charge on any atom is -0.317 e. The zero-order valence-corrected chi connectivity index (χ0v) is 39.7. The highest BCUT2D eigenvalue weighted by Gasteiger charge is 2.31. The van der Waals surface area contributed by atoms with Crippen molar-refractivity contribution in [1.29, 1.82) is 0 Å². The van der Waals surface area contributed by atoms with Gasteiger partial charge >= 0.3 is 0 Å². The topological polar surface area (TPSA) is 8.17 Å². The molecule has 10 aromatic rings. The standard InChI is InChI=1S/C69H52N2/c1-2-20-49(56-45-57(50-21-6-3-7-22-50)47-58(46-56)51-23-8-4-9-24-51)29-19-44-70(59-41-38-54(39-42-59)63-35-17-27-52-25-12-14-33-62(52)63)61-32-16-28-55(48-61)65-36-18-37-66-69(65)68-64-34-15-13-26-53(64)40-43-67(68)71(66)60-30-10-5-11-31-60/h2-48,53,64H,1H3/b20-2-,44-19+,49-29+. The molecule has 0 spiro atoms. The number of benzene rings is 9. The van der Waals surface area contributed by atoms with Crippen LogP contribution in [0.5, 0.6) is 0 Å². The number of para-hydroxylation sites is 1. The van der Waals surface area contributed by atoms with E-state index in [-0.39, 0.29) is 5.92 Å². The monoisotopic (exact) mass is 908 g/mol. The maximum atomic E-state index is 2.45. The van der Waals surface area contributed by atoms with Crippen LogP contribution >= 0.6 is 0 Å². The Morgan fingerprint density at radius 2 is 1.15 bits per heavy atom. The molecule has 2 atom stereocenters. The van der Waals surface area contributed by atoms with Gasteiger partial charge in [-0.25, -0.2) is 0 Å². The van der Waals surface area contributed by atoms with Crippen molar-refractivity contribution < 1.29 is 0 Å². The van der Waals surface area contributed by atoms with Crippen LogP contribution in [0.25, 0.3) is 83.5 Å². The number of nitrogens with zero attached hydrogens (tertiary/aromatic N) is 2. The molecule has 2 aliphatic rings. The largest absolute Gasteiger partial charge is 0.317 e. The molecule has 9 aromatic carbocycles. The van der Waals surface area contributed by atoms with Gasteiger partial charge in [0, 0.05) is 40.5 Å². The summed E-state index contributed by atoms with van der Waals surface area (Å²) >= 11 is 0. The van der Waals surface area contributed by atoms with E-state index in [2.05, 4.69) is 302 Å². The first-order chi connectivity index (χ1) is 35.2. The molecule has 2 nitrogen and oxygen atoms in total. The maximum Gasteiger partial charge on any atom is 0.0544 e. The van der Waals surface area contributed by atoms with E-state index in [1.54, 1.807) is 0 Å². The van der Waals surface area contributed by atoms with E-state index in [0.717, 1.165) is 22.5 Å². The fourth-order valence-electron chi connectivity index (χ4n) is 10.8. The molecule has 0 bridgehead atoms. The molecular weight excluding hydrogens is 857 g/mol. The Balaban J connectivity index is 0.996. The summed E-state index contributed by atoms with van der Waals surface area (Å²) in [6, 6.07) is 79.3. The molecule has 0 N–H and O–H groups in total. The molecule has 0 radical (unpaired) electrons. The Kier molecular flexibility index (Phi) is 11.7. The van der Waals surface area contributed by atoms with Crippen molar-refractivity contribution in [2.24, 2.45) is 5.92 Å². The van der Waals surface area contributed by atoms with E-state index in [1.165, 1.54) is 83.1 Å². The average Bonchev–Trinajstić information content (AvgIpc) is 3.80. The first-order valence-electron chi connectivity index (χ1n) is 24.7. The summed E-state index contributed by atoms with van der Waals surface area (Å²) in [5, 5.41) is 3.79. The number of aromatic nitrogens is 1. The van der Waals surface area contributed by atoms with Crippen molar-refractivity contribution in [2.75, 3.05) is 4.90 Å². The summed E-state index contributed by atoms with van der Waals surface area (Å²) in [5.41, 5.74) is 19.0. The highest BCUT2D eigenvalue weighted by molar-refractivity contribution is 6.03. The van der Waals surface area contributed by atoms with Crippen LogP contribution in [0.3, 0.4) is 0 Å². The zero-order valence-electron chi connectivity index (χ0n) is 39.7. The third-order valence-electron chi connectivity index (χ3n) is 14.1. The smallest absolute Gasteiger partial charge is 0.0544 e. The van der Waals surface area contributed by atoms with Crippen molar-refractivity contribution in [2.45, 2.75) is 12.8 Å². The van der Waals surface area contributed by atoms with Crippen LogP contribution in [0.2, 0.25) is 0 Å². The molecule has 0 saturated heterocycles. The Hall–Kier alpha value is -8.98. The SMILES string of the molecule is C\C=C/C(=C\C=C\N(c1ccc(-c2cccc3ccccc23)cc1)c1cccc(-c2cccc3c2c2c(n3-c3ccccc3)C=CC3C=CC=CC23)c1)c1cc(-c2ccccc2)cc(-c2ccccc2)c1. The molecule has 1 aromatic heterocycles. The van der Waals surface area contributed by atoms with Crippen LogP contribution in [0.4, 0.5) is 11.4 Å². The van der Waals surface area contributed by atoms with Crippen LogP contribution in [-0.4, -0.2) is 4.57 Å². The number of rotatable bonds is 11. The van der Waals surface area contributed by atoms with Crippen LogP contribution in [0.15, 0.2) is 279 Å². The Morgan fingerprint density at radius 3 is 1.92 bits per heavy atom. The molecule has 1 heterocycles. The van der Waals surface area contributed by atoms with Gasteiger partial charge < -0.3 is 9.47 Å². The molecule has 0 amide bonds. The fraction of sp³-hybridized carbons (Fsp3) is 0.0435. The van der Waals surface area contributed by atoms with Gasteiger partial charge in [0.2, 0.25) is 0 Å². The average molecular weight is 909 g/mol. The number of hydrogen-bond donors (Lipinski definition) is 0. The van der Waals surface area contributed by atoms with E-state index in [9.17, 15) is 0 Å². The number of hydrogen-bond acceptors (Lipinski definition) is 1. The third-order valence-corrected chi connectivity index (χ3v) is 14.1. The Bertz CT molecular complexity index is 3690. The van der Waals surface area contributed by atoms with E-state index >= 15 is 0 Å². The van der Waals surface area contributed by atoms with E-state index in [4.69, 9.17) is 0 Å². The van der Waals surface area contributed by atoms with Gasteiger partial charge in [-0.1, -0.05) is 206 Å². The molecule has 0 aliphatic heterocycles. The lowest BCUT2D eigenvalue weighted by Crippen LogP contribution is -2.14. The molecule has 2 aliphatic carbocycles. The lowest BCUT2D eigenvalue weighted by molar-refractivity contribution is 0.693. The molecule has 338 valence electrons. The number of allylic oxidation sites excluding steroid dienone is 10. The first-order valence-corrected chi connectivity index (χ1v) is 24.7. The molecule has 2 unspecified atom stereocenters. The molecular formula is C69H52N2. The van der Waals surface area contributed by atoms with Gasteiger partial charge in [0.05, 0.1) is 11.2 Å². The summed E-state index contributed by atoms with van der Waals surface area (Å²) in [6.45, 7) is 2.09. The van der Waals surface area contributed by atoms with Crippen LogP contribution < -0.4 is 4.90 Å². The predicted molar refractivity (Wildman–Crippen MR) is 303 cm³/mol. The summed E-state index contributed by atoms with van der Waals surface area (Å²) in [6.07, 6.45) is 24.9. The Labute approximate surface area is 417 Å². The lowest BCUT2D eigenvalue weighted by atomic mass is 9.77. The second kappa shape index (κ2) is 19.2. The zero-order chi connectivity index (χ0) is 47.5. The summed E-state index contributed by atoms with van der Waals surface area (Å²) in [5.74, 6) is 0.553. The van der Waals surface area contributed by atoms with Crippen LogP contribution in [-0.2, 0) is 0 Å². The van der Waals surface area contributed by atoms with Crippen molar-refractivity contribution >= 4 is 44.7 Å². The minimum atomic E-state index is 0.242. The molecule has 0 saturated carbocycles. The van der Waals surface area contributed by atoms with Gasteiger partial charge in [0.25, 0.3) is 0 Å². The van der Waals surface area contributed by atoms with E-state index in [0.29, 0.717) is 5.92 Å². The van der Waals surface area contributed by atoms with Gasteiger partial charge in [-0.15, -0.1) is 0 Å². The molecule has 12 rings (SSSR count). The number of anilines is 2. The molecule has 0 fully saturated rings. The van der Waals surface area contributed by atoms with Gasteiger partial charge in [-0.05, 0) is 152 Å². The quantitative estimate of drug-likeness (QED) is 0.117. The fourth-order valence-corrected chi connectivity index (χ4v) is 10.8. The van der Waals surface area contributed by atoms with Crippen molar-refractivity contribution in [1.82, 2.24) is 4.57 Å². The number of fused-ring (bicyclic) bond motifs is 6. The normalized spacial score (nSPS) is 15.2. The molecule has 71 heavy (non-hydrogen) atoms. The predicted octanol–water partition coefficient (Wildman–Crippen LogP) is 18.6. The van der Waals surface area contributed by atoms with Gasteiger partial charge in [-0.3, -0.25) is 0 Å². The van der Waals surface area contributed by atoms with Crippen LogP contribution in [0, 0.1) is 5.92 Å². The summed E-state index contributed by atoms with van der Waals surface area (Å²) < 4.78 is 2.45. The maximum absolute atomic E-state index is 2.45. The van der Waals surface area contributed by atoms with Crippen LogP contribution in [0.1, 0.15) is 29.7 Å². The second-order valence-electron chi connectivity index (χ2n) is 18.4. The van der Waals surface area contributed by atoms with Gasteiger partial charge in [-0.2, -0.15) is 0 Å². The molecule has 2 heteroatoms. The van der Waals surface area contributed by atoms with Crippen molar-refractivity contribution in [3.63, 3.8) is 0 Å². The van der Waals surface area contributed by atoms with Gasteiger partial charge in [0.15, 0.2) is 0 Å². The van der Waals surface area contributed by atoms with Crippen molar-refractivity contribution in [3.05, 3.63) is 296 Å². The first kappa shape index (κ1) is 43.3. The lowest BCUT2D eigenvalue weighted by Gasteiger charge is -2.27. The van der Waals surface area contributed by atoms with E-state index < -0.39 is 0 Å². The second-order valence-corrected chi connectivity index (χ2v) is 18.4. The Morgan fingerprint density at radius 1 is 0.507 bits per heavy atom.